The van der Waals surface area contributed by atoms with Crippen LogP contribution < -0.4 is 0 Å². The van der Waals surface area contributed by atoms with Crippen LogP contribution in [-0.2, 0) is 13.1 Å². The predicted octanol–water partition coefficient (Wildman–Crippen LogP) is 4.54. The molecule has 1 atom stereocenters. The molecule has 0 saturated carbocycles. The number of carbonyl (C=O) groups excluding carboxylic acids is 1. The lowest BCUT2D eigenvalue weighted by molar-refractivity contribution is 0.126. The molecule has 3 heteroatoms. The maximum absolute atomic E-state index is 13.1. The average Bonchev–Trinajstić information content (AvgIpc) is 2.62. The van der Waals surface area contributed by atoms with Gasteiger partial charge in [-0.3, -0.25) is 0 Å². The maximum Gasteiger partial charge on any atom is 0.320 e. The normalized spacial score (nSPS) is 17.5. The Morgan fingerprint density at radius 1 is 1.00 bits per heavy atom. The van der Waals surface area contributed by atoms with Crippen molar-refractivity contribution in [1.82, 2.24) is 9.80 Å². The molecule has 0 aliphatic carbocycles. The quantitative estimate of drug-likeness (QED) is 0.810. The first-order valence-corrected chi connectivity index (χ1v) is 8.84. The highest BCUT2D eigenvalue weighted by Gasteiger charge is 2.25. The van der Waals surface area contributed by atoms with E-state index in [1.807, 2.05) is 46.2 Å². The van der Waals surface area contributed by atoms with Gasteiger partial charge in [0.2, 0.25) is 0 Å². The molecule has 0 radical (unpaired) electrons. The molecule has 3 rings (SSSR count). The second kappa shape index (κ2) is 8.00. The molecule has 3 nitrogen and oxygen atoms in total. The highest BCUT2D eigenvalue weighted by Crippen LogP contribution is 2.19. The minimum atomic E-state index is 0.161. The molecule has 2 amide bonds. The van der Waals surface area contributed by atoms with Crippen molar-refractivity contribution in [3.8, 4) is 0 Å². The summed E-state index contributed by atoms with van der Waals surface area (Å²) in [7, 11) is 0. The zero-order valence-corrected chi connectivity index (χ0v) is 14.4. The Morgan fingerprint density at radius 3 is 2.04 bits per heavy atom. The Kier molecular flexibility index (Phi) is 5.52. The van der Waals surface area contributed by atoms with Crippen LogP contribution in [0.3, 0.4) is 0 Å². The molecule has 1 saturated heterocycles. The Balaban J connectivity index is 1.76. The van der Waals surface area contributed by atoms with Gasteiger partial charge in [-0.2, -0.15) is 0 Å². The first-order valence-electron chi connectivity index (χ1n) is 8.84. The molecule has 0 aromatic heterocycles. The summed E-state index contributed by atoms with van der Waals surface area (Å²) in [4.78, 5) is 17.1. The van der Waals surface area contributed by atoms with Gasteiger partial charge in [0.15, 0.2) is 0 Å². The lowest BCUT2D eigenvalue weighted by Gasteiger charge is -2.35. The Bertz CT molecular complexity index is 600. The first-order chi connectivity index (χ1) is 11.7. The van der Waals surface area contributed by atoms with Crippen molar-refractivity contribution in [2.24, 2.45) is 5.92 Å². The molecule has 2 aromatic carbocycles. The van der Waals surface area contributed by atoms with E-state index in [0.29, 0.717) is 19.0 Å². The van der Waals surface area contributed by atoms with Crippen LogP contribution in [0.15, 0.2) is 60.7 Å². The molecular weight excluding hydrogens is 296 g/mol. The SMILES string of the molecule is CC1CCCN(C(=O)N(Cc2ccccc2)Cc2ccccc2)C1. The number of piperidine rings is 1. The van der Waals surface area contributed by atoms with Gasteiger partial charge in [-0.05, 0) is 29.9 Å². The minimum Gasteiger partial charge on any atom is -0.324 e. The highest BCUT2D eigenvalue weighted by atomic mass is 16.2. The fraction of sp³-hybridized carbons (Fsp3) is 0.381. The van der Waals surface area contributed by atoms with Crippen molar-refractivity contribution in [3.63, 3.8) is 0 Å². The third-order valence-electron chi connectivity index (χ3n) is 4.63. The smallest absolute Gasteiger partial charge is 0.320 e. The molecule has 0 N–H and O–H groups in total. The molecule has 2 aromatic rings. The summed E-state index contributed by atoms with van der Waals surface area (Å²) in [5, 5.41) is 0. The van der Waals surface area contributed by atoms with E-state index in [0.717, 1.165) is 19.5 Å². The van der Waals surface area contributed by atoms with Crippen molar-refractivity contribution >= 4 is 6.03 Å². The number of nitrogens with zero attached hydrogens (tertiary/aromatic N) is 2. The van der Waals surface area contributed by atoms with Gasteiger partial charge in [-0.15, -0.1) is 0 Å². The van der Waals surface area contributed by atoms with E-state index in [2.05, 4.69) is 31.2 Å². The number of hydrogen-bond donors (Lipinski definition) is 0. The van der Waals surface area contributed by atoms with E-state index in [-0.39, 0.29) is 6.03 Å². The van der Waals surface area contributed by atoms with E-state index >= 15 is 0 Å². The van der Waals surface area contributed by atoms with Crippen LogP contribution >= 0.6 is 0 Å². The number of likely N-dealkylation sites (tertiary alicyclic amines) is 1. The number of hydrogen-bond acceptors (Lipinski definition) is 1. The van der Waals surface area contributed by atoms with Gasteiger partial charge in [0.05, 0.1) is 0 Å². The van der Waals surface area contributed by atoms with Crippen molar-refractivity contribution in [1.29, 1.82) is 0 Å². The van der Waals surface area contributed by atoms with Gasteiger partial charge >= 0.3 is 6.03 Å². The van der Waals surface area contributed by atoms with E-state index in [4.69, 9.17) is 0 Å². The Labute approximate surface area is 144 Å². The van der Waals surface area contributed by atoms with Crippen LogP contribution in [0.25, 0.3) is 0 Å². The van der Waals surface area contributed by atoms with E-state index in [1.165, 1.54) is 17.5 Å². The summed E-state index contributed by atoms with van der Waals surface area (Å²) in [6.45, 7) is 5.29. The standard InChI is InChI=1S/C21H26N2O/c1-18-9-8-14-22(15-18)21(24)23(16-19-10-4-2-5-11-19)17-20-12-6-3-7-13-20/h2-7,10-13,18H,8-9,14-17H2,1H3. The molecule has 126 valence electrons. The Hall–Kier alpha value is -2.29. The fourth-order valence-electron chi connectivity index (χ4n) is 3.36. The van der Waals surface area contributed by atoms with E-state index in [9.17, 15) is 4.79 Å². The molecular formula is C21H26N2O. The lowest BCUT2D eigenvalue weighted by Crippen LogP contribution is -2.46. The van der Waals surface area contributed by atoms with Gasteiger partial charge in [-0.25, -0.2) is 4.79 Å². The van der Waals surface area contributed by atoms with Gasteiger partial charge in [0, 0.05) is 26.2 Å². The molecule has 1 aliphatic rings. The molecule has 0 bridgehead atoms. The van der Waals surface area contributed by atoms with Gasteiger partial charge < -0.3 is 9.80 Å². The molecule has 0 spiro atoms. The van der Waals surface area contributed by atoms with Crippen LogP contribution in [0, 0.1) is 5.92 Å². The molecule has 1 unspecified atom stereocenters. The van der Waals surface area contributed by atoms with E-state index in [1.54, 1.807) is 0 Å². The second-order valence-corrected chi connectivity index (χ2v) is 6.80. The first kappa shape index (κ1) is 16.6. The monoisotopic (exact) mass is 322 g/mol. The van der Waals surface area contributed by atoms with Crippen molar-refractivity contribution in [2.75, 3.05) is 13.1 Å². The maximum atomic E-state index is 13.1. The summed E-state index contributed by atoms with van der Waals surface area (Å²) in [5.41, 5.74) is 2.35. The van der Waals surface area contributed by atoms with Crippen LogP contribution in [0.1, 0.15) is 30.9 Å². The topological polar surface area (TPSA) is 23.6 Å². The molecule has 1 heterocycles. The van der Waals surface area contributed by atoms with Crippen LogP contribution in [0.4, 0.5) is 4.79 Å². The molecule has 1 fully saturated rings. The average molecular weight is 322 g/mol. The summed E-state index contributed by atoms with van der Waals surface area (Å²) in [5.74, 6) is 0.595. The van der Waals surface area contributed by atoms with Gasteiger partial charge in [-0.1, -0.05) is 67.6 Å². The second-order valence-electron chi connectivity index (χ2n) is 6.80. The number of amides is 2. The van der Waals surface area contributed by atoms with Crippen LogP contribution in [0.2, 0.25) is 0 Å². The van der Waals surface area contributed by atoms with Crippen molar-refractivity contribution in [2.45, 2.75) is 32.9 Å². The number of benzene rings is 2. The zero-order valence-electron chi connectivity index (χ0n) is 14.4. The predicted molar refractivity (Wildman–Crippen MR) is 97.5 cm³/mol. The van der Waals surface area contributed by atoms with Gasteiger partial charge in [0.1, 0.15) is 0 Å². The van der Waals surface area contributed by atoms with E-state index < -0.39 is 0 Å². The largest absolute Gasteiger partial charge is 0.324 e. The number of rotatable bonds is 4. The summed E-state index contributed by atoms with van der Waals surface area (Å²) in [6.07, 6.45) is 2.33. The number of urea groups is 1. The highest BCUT2D eigenvalue weighted by molar-refractivity contribution is 5.74. The Morgan fingerprint density at radius 2 is 1.54 bits per heavy atom. The summed E-state index contributed by atoms with van der Waals surface area (Å²) < 4.78 is 0. The van der Waals surface area contributed by atoms with Crippen LogP contribution in [0.5, 0.6) is 0 Å². The molecule has 24 heavy (non-hydrogen) atoms. The third kappa shape index (κ3) is 4.38. The van der Waals surface area contributed by atoms with Crippen molar-refractivity contribution in [3.05, 3.63) is 71.8 Å². The van der Waals surface area contributed by atoms with Crippen LogP contribution in [-0.4, -0.2) is 28.9 Å². The zero-order chi connectivity index (χ0) is 16.8. The summed E-state index contributed by atoms with van der Waals surface area (Å²) in [6, 6.07) is 20.7. The van der Waals surface area contributed by atoms with Gasteiger partial charge in [0.25, 0.3) is 0 Å². The third-order valence-corrected chi connectivity index (χ3v) is 4.63. The minimum absolute atomic E-state index is 0.161. The lowest BCUT2D eigenvalue weighted by atomic mass is 10.0. The summed E-state index contributed by atoms with van der Waals surface area (Å²) >= 11 is 0. The molecule has 1 aliphatic heterocycles. The number of carbonyl (C=O) groups is 1. The fourth-order valence-corrected chi connectivity index (χ4v) is 3.36. The van der Waals surface area contributed by atoms with Crippen molar-refractivity contribution < 1.29 is 4.79 Å².